The van der Waals surface area contributed by atoms with Crippen LogP contribution in [0.5, 0.6) is 0 Å². The lowest BCUT2D eigenvalue weighted by Gasteiger charge is -2.20. The molecule has 0 radical (unpaired) electrons. The van der Waals surface area contributed by atoms with E-state index in [9.17, 15) is 13.2 Å². The number of hydrogen-bond acceptors (Lipinski definition) is 3. The molecular formula is C21H25N3O3S. The molecule has 1 amide bonds. The van der Waals surface area contributed by atoms with E-state index < -0.39 is 15.6 Å². The summed E-state index contributed by atoms with van der Waals surface area (Å²) in [7, 11) is -3.63. The second-order valence-corrected chi connectivity index (χ2v) is 9.39. The molecule has 6 nitrogen and oxygen atoms in total. The summed E-state index contributed by atoms with van der Waals surface area (Å²) in [6, 6.07) is 13.7. The Hall–Kier alpha value is -2.64. The zero-order valence-electron chi connectivity index (χ0n) is 16.5. The van der Waals surface area contributed by atoms with Crippen LogP contribution in [0.15, 0.2) is 59.6 Å². The Balaban J connectivity index is 1.76. The van der Waals surface area contributed by atoms with Crippen molar-refractivity contribution in [1.29, 1.82) is 0 Å². The monoisotopic (exact) mass is 399 g/mol. The molecule has 28 heavy (non-hydrogen) atoms. The lowest BCUT2D eigenvalue weighted by molar-refractivity contribution is 0.102. The fraction of sp³-hybridized carbons (Fsp3) is 0.286. The van der Waals surface area contributed by atoms with Gasteiger partial charge >= 0.3 is 0 Å². The Morgan fingerprint density at radius 1 is 1.04 bits per heavy atom. The smallest absolute Gasteiger partial charge is 0.255 e. The fourth-order valence-corrected chi connectivity index (χ4v) is 4.42. The van der Waals surface area contributed by atoms with Crippen LogP contribution in [-0.4, -0.2) is 24.4 Å². The Morgan fingerprint density at radius 3 is 2.32 bits per heavy atom. The van der Waals surface area contributed by atoms with Gasteiger partial charge in [0.05, 0.1) is 4.90 Å². The van der Waals surface area contributed by atoms with E-state index in [1.165, 1.54) is 24.3 Å². The molecule has 0 saturated heterocycles. The molecule has 2 N–H and O–H groups in total. The topological polar surface area (TPSA) is 80.2 Å². The van der Waals surface area contributed by atoms with Gasteiger partial charge in [-0.25, -0.2) is 13.1 Å². The highest BCUT2D eigenvalue weighted by molar-refractivity contribution is 7.89. The first-order valence-corrected chi connectivity index (χ1v) is 10.6. The van der Waals surface area contributed by atoms with Crippen LogP contribution in [-0.2, 0) is 16.6 Å². The summed E-state index contributed by atoms with van der Waals surface area (Å²) in [5.41, 5.74) is 1.62. The number of rotatable bonds is 5. The first-order valence-electron chi connectivity index (χ1n) is 9.13. The summed E-state index contributed by atoms with van der Waals surface area (Å²) < 4.78 is 29.4. The van der Waals surface area contributed by atoms with Crippen molar-refractivity contribution in [1.82, 2.24) is 9.29 Å². The van der Waals surface area contributed by atoms with Crippen LogP contribution in [0.25, 0.3) is 10.9 Å². The number of hydrogen-bond donors (Lipinski definition) is 2. The number of aryl methyl sites for hydroxylation is 1. The molecule has 1 heterocycles. The first kappa shape index (κ1) is 20.1. The highest BCUT2D eigenvalue weighted by Crippen LogP contribution is 2.21. The second-order valence-electron chi connectivity index (χ2n) is 7.71. The van der Waals surface area contributed by atoms with E-state index in [0.717, 1.165) is 17.4 Å². The number of benzene rings is 2. The van der Waals surface area contributed by atoms with Gasteiger partial charge in [0, 0.05) is 40.4 Å². The minimum Gasteiger partial charge on any atom is -0.348 e. The second kappa shape index (κ2) is 7.41. The number of nitrogens with one attached hydrogen (secondary N) is 2. The number of fused-ring (bicyclic) bond motifs is 1. The average Bonchev–Trinajstić information content (AvgIpc) is 3.02. The molecule has 0 aliphatic heterocycles. The van der Waals surface area contributed by atoms with Crippen molar-refractivity contribution in [2.75, 3.05) is 5.32 Å². The summed E-state index contributed by atoms with van der Waals surface area (Å²) in [4.78, 5) is 12.6. The third kappa shape index (κ3) is 4.43. The van der Waals surface area contributed by atoms with Crippen molar-refractivity contribution in [3.05, 3.63) is 60.3 Å². The summed E-state index contributed by atoms with van der Waals surface area (Å²) >= 11 is 0. The Morgan fingerprint density at radius 2 is 1.71 bits per heavy atom. The zero-order chi connectivity index (χ0) is 20.5. The van der Waals surface area contributed by atoms with Gasteiger partial charge in [-0.3, -0.25) is 4.79 Å². The maximum absolute atomic E-state index is 12.5. The van der Waals surface area contributed by atoms with Gasteiger partial charge in [-0.1, -0.05) is 0 Å². The lowest BCUT2D eigenvalue weighted by Crippen LogP contribution is -2.40. The van der Waals surface area contributed by atoms with Gasteiger partial charge in [-0.15, -0.1) is 0 Å². The van der Waals surface area contributed by atoms with Crippen molar-refractivity contribution in [2.24, 2.45) is 0 Å². The van der Waals surface area contributed by atoms with Crippen molar-refractivity contribution in [3.8, 4) is 0 Å². The molecule has 0 saturated carbocycles. The van der Waals surface area contributed by atoms with Gasteiger partial charge in [-0.05, 0) is 76.2 Å². The van der Waals surface area contributed by atoms with Crippen LogP contribution in [0.1, 0.15) is 38.1 Å². The molecule has 2 aromatic carbocycles. The molecule has 7 heteroatoms. The molecule has 0 atom stereocenters. The first-order chi connectivity index (χ1) is 13.1. The molecule has 3 rings (SSSR count). The van der Waals surface area contributed by atoms with E-state index in [1.807, 2.05) is 30.5 Å². The molecular weight excluding hydrogens is 374 g/mol. The zero-order valence-corrected chi connectivity index (χ0v) is 17.3. The van der Waals surface area contributed by atoms with Gasteiger partial charge in [0.1, 0.15) is 0 Å². The molecule has 0 aliphatic rings. The molecule has 148 valence electrons. The number of sulfonamides is 1. The van der Waals surface area contributed by atoms with Crippen LogP contribution in [0.3, 0.4) is 0 Å². The third-order valence-corrected chi connectivity index (χ3v) is 6.01. The maximum Gasteiger partial charge on any atom is 0.255 e. The van der Waals surface area contributed by atoms with Crippen molar-refractivity contribution in [2.45, 2.75) is 44.7 Å². The number of nitrogens with zero attached hydrogens (tertiary/aromatic N) is 1. The quantitative estimate of drug-likeness (QED) is 0.681. The highest BCUT2D eigenvalue weighted by Gasteiger charge is 2.22. The number of amides is 1. The van der Waals surface area contributed by atoms with Crippen molar-refractivity contribution >= 4 is 32.5 Å². The number of anilines is 1. The van der Waals surface area contributed by atoms with Gasteiger partial charge in [0.2, 0.25) is 10.0 Å². The highest BCUT2D eigenvalue weighted by atomic mass is 32.2. The van der Waals surface area contributed by atoms with E-state index in [2.05, 4.69) is 21.5 Å². The predicted octanol–water partition coefficient (Wildman–Crippen LogP) is 3.99. The molecule has 0 aliphatic carbocycles. The Labute approximate surface area is 165 Å². The predicted molar refractivity (Wildman–Crippen MR) is 112 cm³/mol. The van der Waals surface area contributed by atoms with Crippen LogP contribution in [0, 0.1) is 0 Å². The minimum absolute atomic E-state index is 0.126. The Bertz CT molecular complexity index is 1110. The molecule has 1 aromatic heterocycles. The van der Waals surface area contributed by atoms with Crippen molar-refractivity contribution in [3.63, 3.8) is 0 Å². The molecule has 0 bridgehead atoms. The van der Waals surface area contributed by atoms with Gasteiger partial charge in [-0.2, -0.15) is 0 Å². The largest absolute Gasteiger partial charge is 0.348 e. The lowest BCUT2D eigenvalue weighted by atomic mass is 10.1. The van der Waals surface area contributed by atoms with Crippen LogP contribution >= 0.6 is 0 Å². The SMILES string of the molecule is CCn1ccc2cc(NC(=O)c3ccc(S(=O)(=O)NC(C)(C)C)cc3)ccc21. The molecule has 0 fully saturated rings. The minimum atomic E-state index is -3.63. The van der Waals surface area contributed by atoms with E-state index in [0.29, 0.717) is 11.3 Å². The molecule has 0 unspecified atom stereocenters. The van der Waals surface area contributed by atoms with E-state index in [4.69, 9.17) is 0 Å². The van der Waals surface area contributed by atoms with Crippen LogP contribution in [0.2, 0.25) is 0 Å². The van der Waals surface area contributed by atoms with Gasteiger partial charge in [0.25, 0.3) is 5.91 Å². The van der Waals surface area contributed by atoms with Crippen LogP contribution in [0.4, 0.5) is 5.69 Å². The third-order valence-electron chi connectivity index (χ3n) is 4.24. The van der Waals surface area contributed by atoms with E-state index in [-0.39, 0.29) is 10.8 Å². The summed E-state index contributed by atoms with van der Waals surface area (Å²) in [5, 5.41) is 3.91. The van der Waals surface area contributed by atoms with E-state index in [1.54, 1.807) is 20.8 Å². The van der Waals surface area contributed by atoms with Gasteiger partial charge < -0.3 is 9.88 Å². The standard InChI is InChI=1S/C21H25N3O3S/c1-5-24-13-12-16-14-17(8-11-19(16)24)22-20(25)15-6-9-18(10-7-15)28(26,27)23-21(2,3)4/h6-14,23H,5H2,1-4H3,(H,22,25). The summed E-state index contributed by atoms with van der Waals surface area (Å²) in [5.74, 6) is -0.290. The average molecular weight is 400 g/mol. The van der Waals surface area contributed by atoms with Crippen molar-refractivity contribution < 1.29 is 13.2 Å². The van der Waals surface area contributed by atoms with Gasteiger partial charge in [0.15, 0.2) is 0 Å². The fourth-order valence-electron chi connectivity index (χ4n) is 3.00. The Kier molecular flexibility index (Phi) is 5.32. The molecule has 0 spiro atoms. The van der Waals surface area contributed by atoms with Crippen LogP contribution < -0.4 is 10.0 Å². The normalized spacial score (nSPS) is 12.3. The van der Waals surface area contributed by atoms with E-state index >= 15 is 0 Å². The number of carbonyl (C=O) groups excluding carboxylic acids is 1. The maximum atomic E-state index is 12.5. The molecule has 3 aromatic rings. The summed E-state index contributed by atoms with van der Waals surface area (Å²) in [6.07, 6.45) is 2.01. The number of aromatic nitrogens is 1. The number of carbonyl (C=O) groups is 1. The summed E-state index contributed by atoms with van der Waals surface area (Å²) in [6.45, 7) is 8.29.